The summed E-state index contributed by atoms with van der Waals surface area (Å²) in [4.78, 5) is 20.4. The van der Waals surface area contributed by atoms with Crippen LogP contribution in [0.4, 0.5) is 5.82 Å². The van der Waals surface area contributed by atoms with Crippen LogP contribution < -0.4 is 10.6 Å². The molecule has 0 aliphatic carbocycles. The molecule has 0 atom stereocenters. The number of fused-ring (bicyclic) bond motifs is 1. The number of rotatable bonds is 6. The summed E-state index contributed by atoms with van der Waals surface area (Å²) in [5.74, 6) is 1.49. The Morgan fingerprint density at radius 2 is 2.20 bits per heavy atom. The Balaban J connectivity index is 2.37. The quantitative estimate of drug-likeness (QED) is 0.787. The monoisotopic (exact) mass is 275 g/mol. The highest BCUT2D eigenvalue weighted by atomic mass is 16.1. The molecule has 6 heteroatoms. The lowest BCUT2D eigenvalue weighted by molar-refractivity contribution is -0.121. The summed E-state index contributed by atoms with van der Waals surface area (Å²) in [6, 6.07) is 1.91. The van der Waals surface area contributed by atoms with Gasteiger partial charge in [0.15, 0.2) is 5.82 Å². The molecule has 2 aromatic rings. The molecule has 0 aliphatic heterocycles. The van der Waals surface area contributed by atoms with Gasteiger partial charge in [0.05, 0.1) is 5.52 Å². The zero-order valence-electron chi connectivity index (χ0n) is 12.2. The van der Waals surface area contributed by atoms with E-state index in [1.807, 2.05) is 23.8 Å². The van der Waals surface area contributed by atoms with Crippen molar-refractivity contribution in [1.82, 2.24) is 19.9 Å². The molecule has 2 heterocycles. The number of aryl methyl sites for hydroxylation is 1. The number of amides is 1. The molecule has 2 rings (SSSR count). The van der Waals surface area contributed by atoms with Crippen LogP contribution in [0.1, 0.15) is 25.6 Å². The predicted octanol–water partition coefficient (Wildman–Crippen LogP) is 1.70. The van der Waals surface area contributed by atoms with Gasteiger partial charge in [-0.1, -0.05) is 13.3 Å². The first-order chi connectivity index (χ1) is 9.65. The van der Waals surface area contributed by atoms with Gasteiger partial charge in [0.1, 0.15) is 17.9 Å². The van der Waals surface area contributed by atoms with E-state index >= 15 is 0 Å². The van der Waals surface area contributed by atoms with E-state index in [0.29, 0.717) is 0 Å². The first-order valence-electron chi connectivity index (χ1n) is 6.93. The minimum Gasteiger partial charge on any atom is -0.368 e. The molecule has 6 nitrogen and oxygen atoms in total. The summed E-state index contributed by atoms with van der Waals surface area (Å²) >= 11 is 0. The van der Waals surface area contributed by atoms with E-state index in [-0.39, 0.29) is 12.5 Å². The fourth-order valence-corrected chi connectivity index (χ4v) is 2.10. The van der Waals surface area contributed by atoms with Crippen molar-refractivity contribution in [1.29, 1.82) is 0 Å². The van der Waals surface area contributed by atoms with Crippen molar-refractivity contribution in [3.63, 3.8) is 0 Å². The third-order valence-electron chi connectivity index (χ3n) is 3.14. The minimum atomic E-state index is -0.0393. The average Bonchev–Trinajstić information content (AvgIpc) is 2.81. The van der Waals surface area contributed by atoms with Gasteiger partial charge in [-0.2, -0.15) is 0 Å². The van der Waals surface area contributed by atoms with Gasteiger partial charge in [-0.25, -0.2) is 9.97 Å². The first-order valence-corrected chi connectivity index (χ1v) is 6.93. The summed E-state index contributed by atoms with van der Waals surface area (Å²) in [5.41, 5.74) is 1.75. The number of hydrogen-bond acceptors (Lipinski definition) is 4. The summed E-state index contributed by atoms with van der Waals surface area (Å²) < 4.78 is 1.88. The van der Waals surface area contributed by atoms with Crippen molar-refractivity contribution in [3.05, 3.63) is 18.1 Å². The van der Waals surface area contributed by atoms with Crippen LogP contribution in [0.25, 0.3) is 11.0 Å². The van der Waals surface area contributed by atoms with Crippen LogP contribution in [0, 0.1) is 6.92 Å². The molecular formula is C14H21N5O. The third kappa shape index (κ3) is 3.07. The van der Waals surface area contributed by atoms with Crippen LogP contribution >= 0.6 is 0 Å². The number of nitrogens with zero attached hydrogens (tertiary/aromatic N) is 3. The van der Waals surface area contributed by atoms with Gasteiger partial charge >= 0.3 is 0 Å². The summed E-state index contributed by atoms with van der Waals surface area (Å²) in [6.45, 7) is 5.17. The number of nitrogens with one attached hydrogen (secondary N) is 2. The number of aromatic nitrogens is 3. The van der Waals surface area contributed by atoms with E-state index in [9.17, 15) is 4.79 Å². The fourth-order valence-electron chi connectivity index (χ4n) is 2.10. The highest BCUT2D eigenvalue weighted by molar-refractivity contribution is 5.88. The van der Waals surface area contributed by atoms with Gasteiger partial charge in [0.2, 0.25) is 5.91 Å². The highest BCUT2D eigenvalue weighted by Gasteiger charge is 2.12. The van der Waals surface area contributed by atoms with Gasteiger partial charge in [-0.05, 0) is 19.4 Å². The van der Waals surface area contributed by atoms with Gasteiger partial charge < -0.3 is 15.2 Å². The molecular weight excluding hydrogens is 254 g/mol. The lowest BCUT2D eigenvalue weighted by Crippen LogP contribution is -2.23. The van der Waals surface area contributed by atoms with E-state index in [1.165, 1.54) is 0 Å². The maximum atomic E-state index is 11.6. The summed E-state index contributed by atoms with van der Waals surface area (Å²) in [7, 11) is 1.63. The topological polar surface area (TPSA) is 71.8 Å². The molecule has 2 aromatic heterocycles. The van der Waals surface area contributed by atoms with Crippen molar-refractivity contribution in [2.75, 3.05) is 18.9 Å². The molecule has 20 heavy (non-hydrogen) atoms. The lowest BCUT2D eigenvalue weighted by atomic mass is 10.3. The van der Waals surface area contributed by atoms with E-state index in [2.05, 4.69) is 27.5 Å². The molecule has 0 unspecified atom stereocenters. The largest absolute Gasteiger partial charge is 0.368 e. The molecule has 0 spiro atoms. The Labute approximate surface area is 118 Å². The normalized spacial score (nSPS) is 10.8. The molecule has 2 N–H and O–H groups in total. The van der Waals surface area contributed by atoms with Crippen molar-refractivity contribution < 1.29 is 4.79 Å². The van der Waals surface area contributed by atoms with Crippen LogP contribution in [0.3, 0.4) is 0 Å². The summed E-state index contributed by atoms with van der Waals surface area (Å²) in [6.07, 6.45) is 4.08. The molecule has 0 saturated heterocycles. The lowest BCUT2D eigenvalue weighted by Gasteiger charge is -2.10. The molecule has 0 fully saturated rings. The van der Waals surface area contributed by atoms with Crippen LogP contribution in [-0.2, 0) is 11.3 Å². The molecule has 1 amide bonds. The highest BCUT2D eigenvalue weighted by Crippen LogP contribution is 2.21. The minimum absolute atomic E-state index is 0.0393. The summed E-state index contributed by atoms with van der Waals surface area (Å²) in [5, 5.41) is 5.97. The van der Waals surface area contributed by atoms with Gasteiger partial charge in [-0.15, -0.1) is 0 Å². The van der Waals surface area contributed by atoms with Crippen molar-refractivity contribution in [2.45, 2.75) is 33.2 Å². The Bertz CT molecular complexity index is 605. The molecule has 0 aliphatic rings. The average molecular weight is 275 g/mol. The Morgan fingerprint density at radius 1 is 1.40 bits per heavy atom. The maximum Gasteiger partial charge on any atom is 0.239 e. The Morgan fingerprint density at radius 3 is 2.90 bits per heavy atom. The Hall–Kier alpha value is -2.11. The molecule has 0 aromatic carbocycles. The SMILES string of the molecule is CCCCNc1nc(C)nc2ccn(CC(=O)NC)c12. The molecule has 0 radical (unpaired) electrons. The number of unbranched alkanes of at least 4 members (excludes halogenated alkanes) is 1. The smallest absolute Gasteiger partial charge is 0.239 e. The molecule has 108 valence electrons. The van der Waals surface area contributed by atoms with Crippen molar-refractivity contribution in [2.24, 2.45) is 0 Å². The second-order valence-corrected chi connectivity index (χ2v) is 4.75. The van der Waals surface area contributed by atoms with E-state index in [4.69, 9.17) is 0 Å². The van der Waals surface area contributed by atoms with Gasteiger partial charge in [-0.3, -0.25) is 4.79 Å². The molecule has 0 saturated carbocycles. The van der Waals surface area contributed by atoms with Gasteiger partial charge in [0.25, 0.3) is 0 Å². The van der Waals surface area contributed by atoms with Crippen molar-refractivity contribution in [3.8, 4) is 0 Å². The second-order valence-electron chi connectivity index (χ2n) is 4.75. The van der Waals surface area contributed by atoms with Crippen LogP contribution in [0.5, 0.6) is 0 Å². The van der Waals surface area contributed by atoms with E-state index in [1.54, 1.807) is 7.05 Å². The number of carbonyl (C=O) groups excluding carboxylic acids is 1. The van der Waals surface area contributed by atoms with E-state index < -0.39 is 0 Å². The fraction of sp³-hybridized carbons (Fsp3) is 0.500. The number of anilines is 1. The number of likely N-dealkylation sites (N-methyl/N-ethyl adjacent to an activating group) is 1. The molecule has 0 bridgehead atoms. The van der Waals surface area contributed by atoms with Crippen molar-refractivity contribution >= 4 is 22.8 Å². The predicted molar refractivity (Wildman–Crippen MR) is 79.7 cm³/mol. The zero-order chi connectivity index (χ0) is 14.5. The standard InChI is InChI=1S/C14H21N5O/c1-4-5-7-16-14-13-11(17-10(2)18-14)6-8-19(13)9-12(20)15-3/h6,8H,4-5,7,9H2,1-3H3,(H,15,20)(H,16,17,18). The van der Waals surface area contributed by atoms with Crippen LogP contribution in [-0.4, -0.2) is 34.0 Å². The maximum absolute atomic E-state index is 11.6. The van der Waals surface area contributed by atoms with E-state index in [0.717, 1.165) is 42.1 Å². The Kier molecular flexibility index (Phi) is 4.55. The number of carbonyl (C=O) groups is 1. The first kappa shape index (κ1) is 14.3. The zero-order valence-corrected chi connectivity index (χ0v) is 12.2. The van der Waals surface area contributed by atoms with Gasteiger partial charge in [0, 0.05) is 19.8 Å². The van der Waals surface area contributed by atoms with Crippen LogP contribution in [0.15, 0.2) is 12.3 Å². The third-order valence-corrected chi connectivity index (χ3v) is 3.14. The van der Waals surface area contributed by atoms with Crippen LogP contribution in [0.2, 0.25) is 0 Å². The number of hydrogen-bond donors (Lipinski definition) is 2. The second kappa shape index (κ2) is 6.36.